The van der Waals surface area contributed by atoms with Crippen molar-refractivity contribution < 1.29 is 34.8 Å². The van der Waals surface area contributed by atoms with Crippen LogP contribution in [0.3, 0.4) is 0 Å². The zero-order valence-electron chi connectivity index (χ0n) is 8.81. The van der Waals surface area contributed by atoms with Crippen molar-refractivity contribution in [3.05, 3.63) is 12.7 Å². The highest BCUT2D eigenvalue weighted by Gasteiger charge is 2.22. The molecule has 0 saturated heterocycles. The van der Waals surface area contributed by atoms with Crippen molar-refractivity contribution in [3.63, 3.8) is 0 Å². The molecular weight excluding hydrogens is 220 g/mol. The van der Waals surface area contributed by atoms with E-state index in [1.807, 2.05) is 0 Å². The average Bonchev–Trinajstić information content (AvgIpc) is 2.35. The van der Waals surface area contributed by atoms with Gasteiger partial charge in [0.05, 0.1) is 13.7 Å². The molecule has 16 heavy (non-hydrogen) atoms. The third kappa shape index (κ3) is 8.06. The van der Waals surface area contributed by atoms with Crippen molar-refractivity contribution in [1.82, 2.24) is 0 Å². The minimum absolute atomic E-state index is 0.0869. The van der Waals surface area contributed by atoms with E-state index in [0.717, 1.165) is 6.08 Å². The van der Waals surface area contributed by atoms with Gasteiger partial charge in [-0.2, -0.15) is 0 Å². The molecule has 0 fully saturated rings. The van der Waals surface area contributed by atoms with E-state index in [1.54, 1.807) is 0 Å². The van der Waals surface area contributed by atoms with Gasteiger partial charge in [0, 0.05) is 6.08 Å². The summed E-state index contributed by atoms with van der Waals surface area (Å²) in [5.41, 5.74) is 0. The number of aliphatic hydroxyl groups is 4. The average molecular weight is 236 g/mol. The van der Waals surface area contributed by atoms with Gasteiger partial charge in [0.25, 0.3) is 0 Å². The first kappa shape index (κ1) is 17.1. The summed E-state index contributed by atoms with van der Waals surface area (Å²) in [7, 11) is 1.31. The summed E-state index contributed by atoms with van der Waals surface area (Å²) in [5, 5.41) is 34.1. The fourth-order valence-corrected chi connectivity index (χ4v) is 0.499. The number of hydrogen-bond donors (Lipinski definition) is 4. The maximum absolute atomic E-state index is 9.84. The fourth-order valence-electron chi connectivity index (χ4n) is 0.499. The van der Waals surface area contributed by atoms with Crippen LogP contribution in [0.1, 0.15) is 0 Å². The number of hydrogen-bond acceptors (Lipinski definition) is 7. The summed E-state index contributed by atoms with van der Waals surface area (Å²) in [4.78, 5) is 19.6. The Hall–Kier alpha value is -1.28. The minimum Gasteiger partial charge on any atom is -0.466 e. The Labute approximate surface area is 92.6 Å². The molecule has 0 heterocycles. The van der Waals surface area contributed by atoms with E-state index in [9.17, 15) is 9.59 Å². The van der Waals surface area contributed by atoms with Gasteiger partial charge in [-0.05, 0) is 0 Å². The zero-order chi connectivity index (χ0) is 13.1. The van der Waals surface area contributed by atoms with Crippen LogP contribution in [0.25, 0.3) is 0 Å². The van der Waals surface area contributed by atoms with Crippen LogP contribution in [-0.2, 0) is 14.3 Å². The van der Waals surface area contributed by atoms with Crippen molar-refractivity contribution in [2.45, 2.75) is 18.3 Å². The second-order valence-corrected chi connectivity index (χ2v) is 2.59. The quantitative estimate of drug-likeness (QED) is 0.238. The number of methoxy groups -OCH3 is 1. The van der Waals surface area contributed by atoms with Crippen LogP contribution in [0.15, 0.2) is 12.7 Å². The van der Waals surface area contributed by atoms with E-state index in [0.29, 0.717) is 0 Å². The number of aliphatic hydroxyl groups excluding tert-OH is 4. The Kier molecular flexibility index (Phi) is 11.0. The molecular formula is C9H16O7. The van der Waals surface area contributed by atoms with E-state index in [2.05, 4.69) is 11.3 Å². The number of aldehydes is 1. The highest BCUT2D eigenvalue weighted by Crippen LogP contribution is 1.96. The van der Waals surface area contributed by atoms with Crippen LogP contribution < -0.4 is 0 Å². The molecule has 0 aromatic carbocycles. The Morgan fingerprint density at radius 2 is 1.94 bits per heavy atom. The van der Waals surface area contributed by atoms with Crippen molar-refractivity contribution in [2.24, 2.45) is 0 Å². The van der Waals surface area contributed by atoms with Crippen molar-refractivity contribution >= 4 is 12.3 Å². The Morgan fingerprint density at radius 1 is 1.44 bits per heavy atom. The van der Waals surface area contributed by atoms with E-state index in [4.69, 9.17) is 20.4 Å². The van der Waals surface area contributed by atoms with Crippen LogP contribution in [0.5, 0.6) is 0 Å². The van der Waals surface area contributed by atoms with Gasteiger partial charge in [0.15, 0.2) is 6.29 Å². The lowest BCUT2D eigenvalue weighted by Crippen LogP contribution is -2.40. The summed E-state index contributed by atoms with van der Waals surface area (Å²) in [6.45, 7) is 2.47. The van der Waals surface area contributed by atoms with E-state index in [1.165, 1.54) is 7.11 Å². The summed E-state index contributed by atoms with van der Waals surface area (Å²) < 4.78 is 4.14. The van der Waals surface area contributed by atoms with E-state index < -0.39 is 30.9 Å². The second-order valence-electron chi connectivity index (χ2n) is 2.59. The second kappa shape index (κ2) is 10.2. The van der Waals surface area contributed by atoms with Crippen LogP contribution in [-0.4, -0.2) is 64.7 Å². The predicted octanol–water partition coefficient (Wildman–Crippen LogP) is -2.39. The van der Waals surface area contributed by atoms with Crippen molar-refractivity contribution in [2.75, 3.05) is 13.7 Å². The topological polar surface area (TPSA) is 124 Å². The molecule has 0 aliphatic rings. The molecule has 3 unspecified atom stereocenters. The van der Waals surface area contributed by atoms with Gasteiger partial charge in [-0.3, -0.25) is 0 Å². The van der Waals surface area contributed by atoms with Gasteiger partial charge in [0.2, 0.25) is 0 Å². The molecule has 0 radical (unpaired) electrons. The molecule has 0 aliphatic heterocycles. The van der Waals surface area contributed by atoms with Crippen LogP contribution in [0.2, 0.25) is 0 Å². The highest BCUT2D eigenvalue weighted by molar-refractivity contribution is 5.80. The first-order valence-corrected chi connectivity index (χ1v) is 4.25. The number of carbonyl (C=O) groups excluding carboxylic acids is 2. The third-order valence-corrected chi connectivity index (χ3v) is 1.44. The lowest BCUT2D eigenvalue weighted by Gasteiger charge is -2.16. The largest absolute Gasteiger partial charge is 0.466 e. The monoisotopic (exact) mass is 236 g/mol. The molecule has 0 aromatic rings. The van der Waals surface area contributed by atoms with Gasteiger partial charge >= 0.3 is 5.97 Å². The summed E-state index contributed by atoms with van der Waals surface area (Å²) >= 11 is 0. The van der Waals surface area contributed by atoms with E-state index >= 15 is 0 Å². The maximum Gasteiger partial charge on any atom is 0.329 e. The van der Waals surface area contributed by atoms with Crippen LogP contribution >= 0.6 is 0 Å². The lowest BCUT2D eigenvalue weighted by atomic mass is 10.1. The minimum atomic E-state index is -1.64. The third-order valence-electron chi connectivity index (χ3n) is 1.44. The van der Waals surface area contributed by atoms with Crippen LogP contribution in [0, 0.1) is 0 Å². The molecule has 0 bridgehead atoms. The lowest BCUT2D eigenvalue weighted by molar-refractivity contribution is -0.134. The molecule has 3 atom stereocenters. The Morgan fingerprint density at radius 3 is 2.12 bits per heavy atom. The SMILES string of the molecule is C=CC(=O)OC.O=CC(O)C(O)C(O)CO. The molecule has 0 rings (SSSR count). The predicted molar refractivity (Wildman–Crippen MR) is 53.4 cm³/mol. The maximum atomic E-state index is 9.84. The van der Waals surface area contributed by atoms with Gasteiger partial charge in [0.1, 0.15) is 18.3 Å². The molecule has 0 amide bonds. The van der Waals surface area contributed by atoms with Crippen molar-refractivity contribution in [3.8, 4) is 0 Å². The summed E-state index contributed by atoms with van der Waals surface area (Å²) in [6, 6.07) is 0. The van der Waals surface area contributed by atoms with Gasteiger partial charge in [-0.15, -0.1) is 0 Å². The van der Waals surface area contributed by atoms with Gasteiger partial charge in [-0.1, -0.05) is 6.58 Å². The number of esters is 1. The fraction of sp³-hybridized carbons (Fsp3) is 0.556. The molecule has 0 aromatic heterocycles. The van der Waals surface area contributed by atoms with Gasteiger partial charge in [-0.25, -0.2) is 4.79 Å². The first-order chi connectivity index (χ1) is 7.44. The molecule has 0 spiro atoms. The standard InChI is InChI=1S/C5H10O5.C4H6O2/c6-1-3(8)5(10)4(9)2-7;1-3-4(5)6-2/h1,3-5,7-10H,2H2;3H,1H2,2H3. The van der Waals surface area contributed by atoms with E-state index in [-0.39, 0.29) is 6.29 Å². The Balaban J connectivity index is 0. The molecule has 94 valence electrons. The van der Waals surface area contributed by atoms with Crippen LogP contribution in [0.4, 0.5) is 0 Å². The highest BCUT2D eigenvalue weighted by atomic mass is 16.5. The number of carbonyl (C=O) groups is 2. The van der Waals surface area contributed by atoms with Crippen molar-refractivity contribution in [1.29, 1.82) is 0 Å². The molecule has 0 aliphatic carbocycles. The summed E-state index contributed by atoms with van der Waals surface area (Å²) in [5.74, 6) is -0.394. The molecule has 4 N–H and O–H groups in total. The smallest absolute Gasteiger partial charge is 0.329 e. The van der Waals surface area contributed by atoms with Gasteiger partial charge < -0.3 is 30.0 Å². The Bertz CT molecular complexity index is 216. The molecule has 7 heteroatoms. The number of ether oxygens (including phenoxy) is 1. The summed E-state index contributed by atoms with van der Waals surface area (Å²) in [6.07, 6.45) is -3.52. The normalized spacial score (nSPS) is 14.8. The molecule has 0 saturated carbocycles. The number of rotatable bonds is 5. The molecule has 7 nitrogen and oxygen atoms in total. The zero-order valence-corrected chi connectivity index (χ0v) is 8.81. The first-order valence-electron chi connectivity index (χ1n) is 4.25.